The summed E-state index contributed by atoms with van der Waals surface area (Å²) in [5, 5.41) is 7.10. The van der Waals surface area contributed by atoms with Crippen LogP contribution in [0.4, 0.5) is 5.69 Å². The van der Waals surface area contributed by atoms with E-state index in [-0.39, 0.29) is 11.9 Å². The predicted octanol–water partition coefficient (Wildman–Crippen LogP) is 1.85. The fourth-order valence-electron chi connectivity index (χ4n) is 1.74. The summed E-state index contributed by atoms with van der Waals surface area (Å²) < 4.78 is 1.65. The fraction of sp³-hybridized carbons (Fsp3) is 0.286. The first-order chi connectivity index (χ1) is 9.10. The number of nitrogens with two attached hydrogens (primary N) is 1. The van der Waals surface area contributed by atoms with Crippen LogP contribution >= 0.6 is 0 Å². The van der Waals surface area contributed by atoms with Crippen molar-refractivity contribution in [1.29, 1.82) is 0 Å². The lowest BCUT2D eigenvalue weighted by atomic mass is 10.2. The summed E-state index contributed by atoms with van der Waals surface area (Å²) in [7, 11) is 0. The number of anilines is 1. The van der Waals surface area contributed by atoms with E-state index in [2.05, 4.69) is 10.4 Å². The number of aryl methyl sites for hydroxylation is 1. The minimum absolute atomic E-state index is 0.0939. The van der Waals surface area contributed by atoms with Gasteiger partial charge in [0.25, 0.3) is 0 Å². The van der Waals surface area contributed by atoms with Crippen LogP contribution in [0.15, 0.2) is 36.5 Å². The van der Waals surface area contributed by atoms with Crippen LogP contribution in [-0.2, 0) is 11.3 Å². The first-order valence-electron chi connectivity index (χ1n) is 6.22. The molecule has 0 bridgehead atoms. The van der Waals surface area contributed by atoms with Crippen LogP contribution in [-0.4, -0.2) is 15.7 Å². The van der Waals surface area contributed by atoms with Crippen LogP contribution in [0.1, 0.15) is 24.2 Å². The van der Waals surface area contributed by atoms with Crippen molar-refractivity contribution >= 4 is 11.6 Å². The van der Waals surface area contributed by atoms with Gasteiger partial charge in [-0.2, -0.15) is 5.10 Å². The van der Waals surface area contributed by atoms with Gasteiger partial charge in [0.05, 0.1) is 5.69 Å². The standard InChI is InChI=1S/C14H18N4O/c1-10-7-8-18(17-10)11(2)14(19)16-13-5-3-12(9-15)4-6-13/h3-8,11H,9,15H2,1-2H3,(H,16,19). The van der Waals surface area contributed by atoms with Gasteiger partial charge in [0.2, 0.25) is 5.91 Å². The summed E-state index contributed by atoms with van der Waals surface area (Å²) in [4.78, 5) is 12.1. The predicted molar refractivity (Wildman–Crippen MR) is 74.6 cm³/mol. The van der Waals surface area contributed by atoms with Crippen LogP contribution < -0.4 is 11.1 Å². The molecule has 0 saturated carbocycles. The van der Waals surface area contributed by atoms with Gasteiger partial charge in [-0.25, -0.2) is 0 Å². The number of amides is 1. The molecule has 1 amide bonds. The number of nitrogens with zero attached hydrogens (tertiary/aromatic N) is 2. The number of carbonyl (C=O) groups is 1. The SMILES string of the molecule is Cc1ccn(C(C)C(=O)Nc2ccc(CN)cc2)n1. The molecule has 1 aromatic carbocycles. The number of nitrogens with one attached hydrogen (secondary N) is 1. The smallest absolute Gasteiger partial charge is 0.248 e. The van der Waals surface area contributed by atoms with Gasteiger partial charge in [-0.3, -0.25) is 9.48 Å². The van der Waals surface area contributed by atoms with E-state index < -0.39 is 0 Å². The first-order valence-corrected chi connectivity index (χ1v) is 6.22. The Morgan fingerprint density at radius 2 is 2.05 bits per heavy atom. The van der Waals surface area contributed by atoms with Crippen molar-refractivity contribution in [2.45, 2.75) is 26.4 Å². The molecule has 0 radical (unpaired) electrons. The molecule has 2 rings (SSSR count). The van der Waals surface area contributed by atoms with Crippen LogP contribution in [0, 0.1) is 6.92 Å². The number of aromatic nitrogens is 2. The van der Waals surface area contributed by atoms with Crippen molar-refractivity contribution in [3.05, 3.63) is 47.8 Å². The van der Waals surface area contributed by atoms with E-state index in [4.69, 9.17) is 5.73 Å². The van der Waals surface area contributed by atoms with Crippen LogP contribution in [0.25, 0.3) is 0 Å². The van der Waals surface area contributed by atoms with Crippen LogP contribution in [0.2, 0.25) is 0 Å². The van der Waals surface area contributed by atoms with Crippen molar-refractivity contribution < 1.29 is 4.79 Å². The topological polar surface area (TPSA) is 72.9 Å². The van der Waals surface area contributed by atoms with E-state index in [9.17, 15) is 4.79 Å². The molecule has 1 heterocycles. The number of hydrogen-bond acceptors (Lipinski definition) is 3. The second kappa shape index (κ2) is 5.67. The molecule has 0 spiro atoms. The number of carbonyl (C=O) groups excluding carboxylic acids is 1. The van der Waals surface area contributed by atoms with Gasteiger partial charge >= 0.3 is 0 Å². The lowest BCUT2D eigenvalue weighted by Gasteiger charge is -2.13. The summed E-state index contributed by atoms with van der Waals surface area (Å²) in [5.41, 5.74) is 8.22. The van der Waals surface area contributed by atoms with Crippen molar-refractivity contribution in [2.75, 3.05) is 5.32 Å². The molecule has 0 aliphatic heterocycles. The lowest BCUT2D eigenvalue weighted by Crippen LogP contribution is -2.24. The first kappa shape index (κ1) is 13.3. The Balaban J connectivity index is 2.03. The van der Waals surface area contributed by atoms with Gasteiger partial charge in [0.15, 0.2) is 0 Å². The van der Waals surface area contributed by atoms with Gasteiger partial charge in [-0.15, -0.1) is 0 Å². The summed E-state index contributed by atoms with van der Waals surface area (Å²) in [6.45, 7) is 4.21. The number of rotatable bonds is 4. The monoisotopic (exact) mass is 258 g/mol. The molecule has 1 unspecified atom stereocenters. The van der Waals surface area contributed by atoms with Crippen molar-refractivity contribution in [1.82, 2.24) is 9.78 Å². The Hall–Kier alpha value is -2.14. The zero-order chi connectivity index (χ0) is 13.8. The Labute approximate surface area is 112 Å². The Bertz CT molecular complexity index is 559. The average molecular weight is 258 g/mol. The molecule has 2 aromatic rings. The fourth-order valence-corrected chi connectivity index (χ4v) is 1.74. The molecule has 3 N–H and O–H groups in total. The summed E-state index contributed by atoms with van der Waals surface area (Å²) >= 11 is 0. The molecule has 19 heavy (non-hydrogen) atoms. The van der Waals surface area contributed by atoms with Gasteiger partial charge in [-0.05, 0) is 37.6 Å². The molecular formula is C14H18N4O. The van der Waals surface area contributed by atoms with Crippen molar-refractivity contribution in [3.8, 4) is 0 Å². The van der Waals surface area contributed by atoms with Gasteiger partial charge in [-0.1, -0.05) is 12.1 Å². The van der Waals surface area contributed by atoms with E-state index in [1.165, 1.54) is 0 Å². The summed E-state index contributed by atoms with van der Waals surface area (Å²) in [5.74, 6) is -0.0939. The minimum atomic E-state index is -0.345. The van der Waals surface area contributed by atoms with E-state index in [0.717, 1.165) is 16.9 Å². The molecule has 1 atom stereocenters. The van der Waals surface area contributed by atoms with Crippen LogP contribution in [0.3, 0.4) is 0 Å². The van der Waals surface area contributed by atoms with Gasteiger partial charge in [0.1, 0.15) is 6.04 Å². The third-order valence-corrected chi connectivity index (χ3v) is 2.98. The van der Waals surface area contributed by atoms with E-state index in [1.807, 2.05) is 44.2 Å². The zero-order valence-corrected chi connectivity index (χ0v) is 11.1. The highest BCUT2D eigenvalue weighted by Gasteiger charge is 2.15. The van der Waals surface area contributed by atoms with Crippen LogP contribution in [0.5, 0.6) is 0 Å². The highest BCUT2D eigenvalue weighted by molar-refractivity contribution is 5.93. The van der Waals surface area contributed by atoms with Gasteiger partial charge in [0, 0.05) is 18.4 Å². The zero-order valence-electron chi connectivity index (χ0n) is 11.1. The highest BCUT2D eigenvalue weighted by Crippen LogP contribution is 2.13. The maximum Gasteiger partial charge on any atom is 0.248 e. The lowest BCUT2D eigenvalue weighted by molar-refractivity contribution is -0.119. The second-order valence-corrected chi connectivity index (χ2v) is 4.50. The van der Waals surface area contributed by atoms with Crippen molar-refractivity contribution in [2.24, 2.45) is 5.73 Å². The maximum absolute atomic E-state index is 12.1. The van der Waals surface area contributed by atoms with E-state index in [0.29, 0.717) is 6.54 Å². The number of benzene rings is 1. The molecule has 0 aliphatic carbocycles. The molecule has 1 aromatic heterocycles. The molecule has 5 heteroatoms. The Morgan fingerprint density at radius 3 is 2.58 bits per heavy atom. The Morgan fingerprint density at radius 1 is 1.37 bits per heavy atom. The minimum Gasteiger partial charge on any atom is -0.326 e. The molecule has 0 saturated heterocycles. The third kappa shape index (κ3) is 3.20. The molecule has 0 aliphatic rings. The van der Waals surface area contributed by atoms with Crippen molar-refractivity contribution in [3.63, 3.8) is 0 Å². The quantitative estimate of drug-likeness (QED) is 0.879. The summed E-state index contributed by atoms with van der Waals surface area (Å²) in [6.07, 6.45) is 1.80. The normalized spacial score (nSPS) is 12.2. The second-order valence-electron chi connectivity index (χ2n) is 4.50. The maximum atomic E-state index is 12.1. The molecule has 5 nitrogen and oxygen atoms in total. The molecule has 0 fully saturated rings. The number of hydrogen-bond donors (Lipinski definition) is 2. The largest absolute Gasteiger partial charge is 0.326 e. The van der Waals surface area contributed by atoms with E-state index in [1.54, 1.807) is 10.9 Å². The van der Waals surface area contributed by atoms with E-state index >= 15 is 0 Å². The summed E-state index contributed by atoms with van der Waals surface area (Å²) in [6, 6.07) is 9.03. The molecule has 100 valence electrons. The molecular weight excluding hydrogens is 240 g/mol. The third-order valence-electron chi connectivity index (χ3n) is 2.98. The van der Waals surface area contributed by atoms with Gasteiger partial charge < -0.3 is 11.1 Å². The average Bonchev–Trinajstić information content (AvgIpc) is 2.85. The highest BCUT2D eigenvalue weighted by atomic mass is 16.2. The Kier molecular flexibility index (Phi) is 3.97.